The first-order valence-corrected chi connectivity index (χ1v) is 5.07. The lowest BCUT2D eigenvalue weighted by Gasteiger charge is -2.15. The minimum Gasteiger partial charge on any atom is -0.503 e. The van der Waals surface area contributed by atoms with Crippen LogP contribution in [-0.4, -0.2) is 23.6 Å². The van der Waals surface area contributed by atoms with Crippen LogP contribution in [0.15, 0.2) is 6.20 Å². The summed E-state index contributed by atoms with van der Waals surface area (Å²) in [6.45, 7) is 0. The van der Waals surface area contributed by atoms with Gasteiger partial charge in [-0.1, -0.05) is 15.9 Å². The minimum atomic E-state index is -4.88. The maximum atomic E-state index is 12.1. The van der Waals surface area contributed by atoms with Gasteiger partial charge in [-0.3, -0.25) is 4.98 Å². The second-order valence-electron chi connectivity index (χ2n) is 2.63. The molecular formula is C8H7BrF3NO3. The lowest BCUT2D eigenvalue weighted by atomic mass is 10.3. The molecule has 1 N–H and O–H groups in total. The number of hydrogen-bond acceptors (Lipinski definition) is 4. The van der Waals surface area contributed by atoms with E-state index in [4.69, 9.17) is 0 Å². The fourth-order valence-corrected chi connectivity index (χ4v) is 1.42. The molecular weight excluding hydrogens is 295 g/mol. The zero-order valence-corrected chi connectivity index (χ0v) is 9.59. The third-order valence-corrected chi connectivity index (χ3v) is 2.12. The van der Waals surface area contributed by atoms with Crippen LogP contribution >= 0.6 is 15.9 Å². The molecule has 0 aliphatic heterocycles. The van der Waals surface area contributed by atoms with Crippen molar-refractivity contribution in [3.8, 4) is 17.2 Å². The largest absolute Gasteiger partial charge is 0.573 e. The van der Waals surface area contributed by atoms with Gasteiger partial charge in [0.15, 0.2) is 11.5 Å². The molecule has 0 atom stereocenters. The van der Waals surface area contributed by atoms with Crippen molar-refractivity contribution in [2.45, 2.75) is 11.7 Å². The number of hydrogen-bond donors (Lipinski definition) is 1. The van der Waals surface area contributed by atoms with Crippen LogP contribution < -0.4 is 9.47 Å². The fraction of sp³-hybridized carbons (Fsp3) is 0.375. The monoisotopic (exact) mass is 301 g/mol. The number of methoxy groups -OCH3 is 1. The summed E-state index contributed by atoms with van der Waals surface area (Å²) in [4.78, 5) is 3.59. The summed E-state index contributed by atoms with van der Waals surface area (Å²) in [5, 5.41) is 9.29. The number of aromatic hydroxyl groups is 1. The van der Waals surface area contributed by atoms with Crippen molar-refractivity contribution >= 4 is 15.9 Å². The minimum absolute atomic E-state index is 0.0213. The van der Waals surface area contributed by atoms with Crippen LogP contribution in [0.4, 0.5) is 13.2 Å². The lowest BCUT2D eigenvalue weighted by Crippen LogP contribution is -2.19. The molecule has 1 aromatic heterocycles. The molecule has 1 aromatic rings. The molecule has 90 valence electrons. The fourth-order valence-electron chi connectivity index (χ4n) is 1.02. The van der Waals surface area contributed by atoms with Crippen LogP contribution in [0, 0.1) is 0 Å². The van der Waals surface area contributed by atoms with Crippen LogP contribution in [0.2, 0.25) is 0 Å². The van der Waals surface area contributed by atoms with Crippen molar-refractivity contribution in [1.82, 2.24) is 4.98 Å². The van der Waals surface area contributed by atoms with Crippen molar-refractivity contribution in [3.05, 3.63) is 11.9 Å². The summed E-state index contributed by atoms with van der Waals surface area (Å²) in [5.74, 6) is -1.57. The molecule has 0 unspecified atom stereocenters. The van der Waals surface area contributed by atoms with Crippen molar-refractivity contribution in [1.29, 1.82) is 0 Å². The Balaban J connectivity index is 3.25. The second-order valence-corrected chi connectivity index (χ2v) is 3.19. The maximum absolute atomic E-state index is 12.1. The molecule has 0 saturated heterocycles. The van der Waals surface area contributed by atoms with Crippen LogP contribution in [0.1, 0.15) is 5.69 Å². The Hall–Kier alpha value is -1.18. The first kappa shape index (κ1) is 12.9. The number of ether oxygens (including phenoxy) is 2. The van der Waals surface area contributed by atoms with E-state index in [1.54, 1.807) is 0 Å². The normalized spacial score (nSPS) is 11.3. The highest BCUT2D eigenvalue weighted by Gasteiger charge is 2.34. The number of halogens is 4. The van der Waals surface area contributed by atoms with Crippen molar-refractivity contribution < 1.29 is 27.8 Å². The Bertz CT molecular complexity index is 384. The van der Waals surface area contributed by atoms with Gasteiger partial charge in [-0.25, -0.2) is 0 Å². The summed E-state index contributed by atoms with van der Waals surface area (Å²) in [5.41, 5.74) is -0.0213. The van der Waals surface area contributed by atoms with Gasteiger partial charge in [0, 0.05) is 5.33 Å². The molecule has 1 heterocycles. The standard InChI is InChI=1S/C8H7BrF3NO3/c1-15-7-5(14)3-13-4(2-9)6(7)16-8(10,11)12/h3,14H,2H2,1H3. The molecule has 0 spiro atoms. The zero-order chi connectivity index (χ0) is 12.3. The summed E-state index contributed by atoms with van der Waals surface area (Å²) in [6, 6.07) is 0. The van der Waals surface area contributed by atoms with Crippen LogP contribution in [0.3, 0.4) is 0 Å². The van der Waals surface area contributed by atoms with E-state index < -0.39 is 23.6 Å². The Labute approximate surface area is 97.1 Å². The van der Waals surface area contributed by atoms with E-state index in [1.165, 1.54) is 0 Å². The van der Waals surface area contributed by atoms with Gasteiger partial charge in [-0.05, 0) is 0 Å². The van der Waals surface area contributed by atoms with Crippen LogP contribution in [0.25, 0.3) is 0 Å². The SMILES string of the molecule is COc1c(O)cnc(CBr)c1OC(F)(F)F. The summed E-state index contributed by atoms with van der Waals surface area (Å²) < 4.78 is 44.7. The van der Waals surface area contributed by atoms with E-state index in [0.717, 1.165) is 13.3 Å². The number of rotatable bonds is 3. The van der Waals surface area contributed by atoms with Crippen molar-refractivity contribution in [3.63, 3.8) is 0 Å². The van der Waals surface area contributed by atoms with Crippen LogP contribution in [0.5, 0.6) is 17.2 Å². The number of alkyl halides is 4. The maximum Gasteiger partial charge on any atom is 0.573 e. The molecule has 0 radical (unpaired) electrons. The number of nitrogens with zero attached hydrogens (tertiary/aromatic N) is 1. The first-order valence-electron chi connectivity index (χ1n) is 3.95. The Morgan fingerprint density at radius 1 is 1.44 bits per heavy atom. The van der Waals surface area contributed by atoms with E-state index in [-0.39, 0.29) is 11.0 Å². The molecule has 0 aromatic carbocycles. The first-order chi connectivity index (χ1) is 7.39. The quantitative estimate of drug-likeness (QED) is 0.872. The number of aromatic nitrogens is 1. The Morgan fingerprint density at radius 3 is 2.50 bits per heavy atom. The zero-order valence-electron chi connectivity index (χ0n) is 8.01. The molecule has 0 saturated carbocycles. The van der Waals surface area contributed by atoms with Crippen LogP contribution in [-0.2, 0) is 5.33 Å². The molecule has 0 aliphatic carbocycles. The molecule has 16 heavy (non-hydrogen) atoms. The van der Waals surface area contributed by atoms with Gasteiger partial charge in [0.1, 0.15) is 0 Å². The van der Waals surface area contributed by atoms with Gasteiger partial charge >= 0.3 is 6.36 Å². The van der Waals surface area contributed by atoms with Gasteiger partial charge in [-0.15, -0.1) is 13.2 Å². The molecule has 0 bridgehead atoms. The summed E-state index contributed by atoms with van der Waals surface area (Å²) in [6.07, 6.45) is -3.89. The van der Waals surface area contributed by atoms with Crippen molar-refractivity contribution in [2.75, 3.05) is 7.11 Å². The highest BCUT2D eigenvalue weighted by atomic mass is 79.9. The summed E-state index contributed by atoms with van der Waals surface area (Å²) in [7, 11) is 1.12. The van der Waals surface area contributed by atoms with Gasteiger partial charge in [-0.2, -0.15) is 0 Å². The predicted octanol–water partition coefficient (Wildman–Crippen LogP) is 2.59. The Morgan fingerprint density at radius 2 is 2.06 bits per heavy atom. The lowest BCUT2D eigenvalue weighted by molar-refractivity contribution is -0.275. The third kappa shape index (κ3) is 2.91. The highest BCUT2D eigenvalue weighted by Crippen LogP contribution is 2.41. The third-order valence-electron chi connectivity index (χ3n) is 1.59. The van der Waals surface area contributed by atoms with Gasteiger partial charge in [0.25, 0.3) is 0 Å². The van der Waals surface area contributed by atoms with Gasteiger partial charge in [0.05, 0.1) is 19.0 Å². The Kier molecular flexibility index (Phi) is 3.84. The molecule has 4 nitrogen and oxygen atoms in total. The molecule has 8 heteroatoms. The van der Waals surface area contributed by atoms with Crippen molar-refractivity contribution in [2.24, 2.45) is 0 Å². The number of pyridine rings is 1. The topological polar surface area (TPSA) is 51.6 Å². The highest BCUT2D eigenvalue weighted by molar-refractivity contribution is 9.08. The van der Waals surface area contributed by atoms with E-state index in [2.05, 4.69) is 30.4 Å². The van der Waals surface area contributed by atoms with E-state index in [0.29, 0.717) is 0 Å². The molecule has 0 fully saturated rings. The predicted molar refractivity (Wildman–Crippen MR) is 51.8 cm³/mol. The molecule has 0 amide bonds. The average molecular weight is 302 g/mol. The van der Waals surface area contributed by atoms with E-state index in [9.17, 15) is 18.3 Å². The smallest absolute Gasteiger partial charge is 0.503 e. The second kappa shape index (κ2) is 4.77. The van der Waals surface area contributed by atoms with E-state index >= 15 is 0 Å². The summed E-state index contributed by atoms with van der Waals surface area (Å²) >= 11 is 2.96. The average Bonchev–Trinajstić information content (AvgIpc) is 2.16. The molecule has 1 rings (SSSR count). The van der Waals surface area contributed by atoms with Gasteiger partial charge in [0.2, 0.25) is 5.75 Å². The van der Waals surface area contributed by atoms with Gasteiger partial charge < -0.3 is 14.6 Å². The van der Waals surface area contributed by atoms with E-state index in [1.807, 2.05) is 0 Å². The molecule has 0 aliphatic rings.